The molecule has 1 saturated heterocycles. The van der Waals surface area contributed by atoms with E-state index in [1.165, 1.54) is 0 Å². The Balaban J connectivity index is 2.56. The van der Waals surface area contributed by atoms with Crippen LogP contribution in [0.2, 0.25) is 0 Å². The second-order valence-corrected chi connectivity index (χ2v) is 6.54. The molecule has 0 unspecified atom stereocenters. The number of rotatable bonds is 1. The summed E-state index contributed by atoms with van der Waals surface area (Å²) in [5, 5.41) is 0. The standard InChI is InChI=1S/C10H20N2OS/c1-10(2,3)9(11)12-8-4-6-14(13)7-5-8/h8H,4-7H2,1-3H3,(H2,11,12). The van der Waals surface area contributed by atoms with Crippen molar-refractivity contribution < 1.29 is 4.21 Å². The fourth-order valence-corrected chi connectivity index (χ4v) is 2.57. The molecule has 0 spiro atoms. The van der Waals surface area contributed by atoms with Gasteiger partial charge < -0.3 is 5.73 Å². The highest BCUT2D eigenvalue weighted by molar-refractivity contribution is 7.85. The summed E-state index contributed by atoms with van der Waals surface area (Å²) in [4.78, 5) is 4.50. The molecular weight excluding hydrogens is 196 g/mol. The highest BCUT2D eigenvalue weighted by atomic mass is 32.2. The van der Waals surface area contributed by atoms with Gasteiger partial charge in [0.15, 0.2) is 0 Å². The summed E-state index contributed by atoms with van der Waals surface area (Å²) in [5.41, 5.74) is 5.85. The van der Waals surface area contributed by atoms with Crippen molar-refractivity contribution in [2.45, 2.75) is 39.7 Å². The minimum Gasteiger partial charge on any atom is -0.387 e. The van der Waals surface area contributed by atoms with Crippen LogP contribution in [0.4, 0.5) is 0 Å². The SMILES string of the molecule is CC(C)(C)C(N)=NC1CCS(=O)CC1. The lowest BCUT2D eigenvalue weighted by Crippen LogP contribution is -2.32. The summed E-state index contributed by atoms with van der Waals surface area (Å²) >= 11 is 0. The van der Waals surface area contributed by atoms with Crippen LogP contribution in [0.3, 0.4) is 0 Å². The van der Waals surface area contributed by atoms with Crippen molar-refractivity contribution in [3.63, 3.8) is 0 Å². The van der Waals surface area contributed by atoms with Gasteiger partial charge in [-0.1, -0.05) is 20.8 Å². The van der Waals surface area contributed by atoms with Crippen LogP contribution in [0.1, 0.15) is 33.6 Å². The molecule has 1 fully saturated rings. The summed E-state index contributed by atoms with van der Waals surface area (Å²) in [5.74, 6) is 2.28. The third-order valence-corrected chi connectivity index (χ3v) is 3.83. The largest absolute Gasteiger partial charge is 0.387 e. The number of nitrogens with zero attached hydrogens (tertiary/aromatic N) is 1. The summed E-state index contributed by atoms with van der Waals surface area (Å²) in [6, 6.07) is 0.298. The lowest BCUT2D eigenvalue weighted by molar-refractivity contribution is 0.553. The molecule has 3 nitrogen and oxygen atoms in total. The van der Waals surface area contributed by atoms with Crippen molar-refractivity contribution in [3.8, 4) is 0 Å². The van der Waals surface area contributed by atoms with Gasteiger partial charge >= 0.3 is 0 Å². The van der Waals surface area contributed by atoms with Gasteiger partial charge in [-0.25, -0.2) is 0 Å². The Morgan fingerprint density at radius 2 is 1.86 bits per heavy atom. The monoisotopic (exact) mass is 216 g/mol. The van der Waals surface area contributed by atoms with Gasteiger partial charge in [0.25, 0.3) is 0 Å². The molecule has 1 aliphatic rings. The van der Waals surface area contributed by atoms with Crippen LogP contribution in [0.25, 0.3) is 0 Å². The maximum atomic E-state index is 11.1. The van der Waals surface area contributed by atoms with Gasteiger partial charge in [0.2, 0.25) is 0 Å². The van der Waals surface area contributed by atoms with Crippen LogP contribution < -0.4 is 5.73 Å². The van der Waals surface area contributed by atoms with Crippen LogP contribution >= 0.6 is 0 Å². The maximum absolute atomic E-state index is 11.1. The number of hydrogen-bond acceptors (Lipinski definition) is 2. The Morgan fingerprint density at radius 3 is 2.29 bits per heavy atom. The average molecular weight is 216 g/mol. The molecule has 0 amide bonds. The molecule has 0 aliphatic carbocycles. The molecule has 0 radical (unpaired) electrons. The van der Waals surface area contributed by atoms with Gasteiger partial charge in [0.05, 0.1) is 11.9 Å². The number of amidine groups is 1. The second kappa shape index (κ2) is 4.43. The van der Waals surface area contributed by atoms with E-state index >= 15 is 0 Å². The van der Waals surface area contributed by atoms with Gasteiger partial charge in [-0.2, -0.15) is 0 Å². The van der Waals surface area contributed by atoms with Crippen molar-refractivity contribution in [3.05, 3.63) is 0 Å². The maximum Gasteiger partial charge on any atom is 0.0994 e. The van der Waals surface area contributed by atoms with E-state index in [-0.39, 0.29) is 5.41 Å². The first-order valence-electron chi connectivity index (χ1n) is 5.08. The van der Waals surface area contributed by atoms with E-state index in [0.29, 0.717) is 6.04 Å². The Bertz CT molecular complexity index is 245. The fraction of sp³-hybridized carbons (Fsp3) is 0.900. The number of hydrogen-bond donors (Lipinski definition) is 1. The molecule has 2 N–H and O–H groups in total. The molecule has 0 aromatic rings. The van der Waals surface area contributed by atoms with E-state index in [1.807, 2.05) is 0 Å². The van der Waals surface area contributed by atoms with E-state index in [4.69, 9.17) is 5.73 Å². The predicted molar refractivity (Wildman–Crippen MR) is 62.0 cm³/mol. The molecule has 0 saturated carbocycles. The minimum atomic E-state index is -0.607. The zero-order valence-corrected chi connectivity index (χ0v) is 10.1. The molecular formula is C10H20N2OS. The Morgan fingerprint density at radius 1 is 1.36 bits per heavy atom. The topological polar surface area (TPSA) is 55.4 Å². The predicted octanol–water partition coefficient (Wildman–Crippen LogP) is 1.30. The Hall–Kier alpha value is -0.380. The van der Waals surface area contributed by atoms with Crippen LogP contribution in [0.5, 0.6) is 0 Å². The van der Waals surface area contributed by atoms with E-state index in [2.05, 4.69) is 25.8 Å². The number of aliphatic imine (C=N–C) groups is 1. The van der Waals surface area contributed by atoms with Crippen molar-refractivity contribution in [2.24, 2.45) is 16.1 Å². The molecule has 0 atom stereocenters. The quantitative estimate of drug-likeness (QED) is 0.530. The Labute approximate surface area is 88.6 Å². The van der Waals surface area contributed by atoms with Crippen molar-refractivity contribution in [1.82, 2.24) is 0 Å². The van der Waals surface area contributed by atoms with Gasteiger partial charge in [0.1, 0.15) is 0 Å². The van der Waals surface area contributed by atoms with Crippen molar-refractivity contribution in [2.75, 3.05) is 11.5 Å². The molecule has 0 aromatic carbocycles. The molecule has 14 heavy (non-hydrogen) atoms. The first kappa shape index (κ1) is 11.7. The van der Waals surface area contributed by atoms with Gasteiger partial charge in [-0.3, -0.25) is 9.20 Å². The first-order valence-corrected chi connectivity index (χ1v) is 6.57. The highest BCUT2D eigenvalue weighted by Gasteiger charge is 2.21. The van der Waals surface area contributed by atoms with Crippen molar-refractivity contribution >= 4 is 16.6 Å². The first-order chi connectivity index (χ1) is 6.39. The van der Waals surface area contributed by atoms with Gasteiger partial charge in [-0.05, 0) is 12.8 Å². The smallest absolute Gasteiger partial charge is 0.0994 e. The summed E-state index contributed by atoms with van der Waals surface area (Å²) in [6.07, 6.45) is 1.84. The third kappa shape index (κ3) is 3.40. The molecule has 82 valence electrons. The van der Waals surface area contributed by atoms with E-state index in [0.717, 1.165) is 30.2 Å². The molecule has 1 heterocycles. The molecule has 1 aliphatic heterocycles. The number of nitrogens with two attached hydrogens (primary N) is 1. The molecule has 4 heteroatoms. The second-order valence-electron chi connectivity index (χ2n) is 4.84. The summed E-state index contributed by atoms with van der Waals surface area (Å²) in [6.45, 7) is 6.19. The summed E-state index contributed by atoms with van der Waals surface area (Å²) in [7, 11) is -0.607. The Kier molecular flexibility index (Phi) is 3.70. The van der Waals surface area contributed by atoms with Crippen LogP contribution in [-0.4, -0.2) is 27.6 Å². The lowest BCUT2D eigenvalue weighted by atomic mass is 9.95. The molecule has 1 rings (SSSR count). The van der Waals surface area contributed by atoms with E-state index < -0.39 is 10.8 Å². The minimum absolute atomic E-state index is 0.0450. The van der Waals surface area contributed by atoms with Gasteiger partial charge in [-0.15, -0.1) is 0 Å². The van der Waals surface area contributed by atoms with Crippen molar-refractivity contribution in [1.29, 1.82) is 0 Å². The fourth-order valence-electron chi connectivity index (χ4n) is 1.30. The van der Waals surface area contributed by atoms with E-state index in [1.54, 1.807) is 0 Å². The summed E-state index contributed by atoms with van der Waals surface area (Å²) < 4.78 is 11.1. The van der Waals surface area contributed by atoms with Crippen LogP contribution in [0.15, 0.2) is 4.99 Å². The molecule has 0 aromatic heterocycles. The normalized spacial score (nSPS) is 30.4. The highest BCUT2D eigenvalue weighted by Crippen LogP contribution is 2.18. The zero-order chi connectivity index (χ0) is 10.8. The van der Waals surface area contributed by atoms with Gasteiger partial charge in [0, 0.05) is 27.7 Å². The van der Waals surface area contributed by atoms with Crippen LogP contribution in [-0.2, 0) is 10.8 Å². The van der Waals surface area contributed by atoms with Crippen LogP contribution in [0, 0.1) is 5.41 Å². The third-order valence-electron chi connectivity index (χ3n) is 2.45. The molecule has 0 bridgehead atoms. The zero-order valence-electron chi connectivity index (χ0n) is 9.25. The average Bonchev–Trinajstić information content (AvgIpc) is 2.07. The lowest BCUT2D eigenvalue weighted by Gasteiger charge is -2.23. The van der Waals surface area contributed by atoms with E-state index in [9.17, 15) is 4.21 Å².